The lowest BCUT2D eigenvalue weighted by Gasteiger charge is -2.44. The molecule has 3 saturated heterocycles. The van der Waals surface area contributed by atoms with E-state index < -0.39 is 30.0 Å². The van der Waals surface area contributed by atoms with Gasteiger partial charge in [-0.1, -0.05) is 0 Å². The summed E-state index contributed by atoms with van der Waals surface area (Å²) in [6, 6.07) is 5.34. The lowest BCUT2D eigenvalue weighted by molar-refractivity contribution is -0.192. The number of hydrogen-bond acceptors (Lipinski definition) is 7. The minimum absolute atomic E-state index is 0.241. The van der Waals surface area contributed by atoms with E-state index in [2.05, 4.69) is 20.6 Å². The van der Waals surface area contributed by atoms with Crippen LogP contribution in [0.1, 0.15) is 30.9 Å². The van der Waals surface area contributed by atoms with Crippen LogP contribution in [0.5, 0.6) is 0 Å². The van der Waals surface area contributed by atoms with Crippen molar-refractivity contribution in [2.75, 3.05) is 44.2 Å². The first-order valence-corrected chi connectivity index (χ1v) is 12.5. The van der Waals surface area contributed by atoms with E-state index in [0.717, 1.165) is 16.6 Å². The molecule has 0 saturated carbocycles. The number of alkyl halides is 5. The molecule has 15 heteroatoms. The SMILES string of the molecule is Cn1nc(C2CCC(=O)NC2=O)c2ccc(N3CCN([C@H]4CCNCC4(F)F)CC3)cc21.O=C(O)C(F)(F)F. The van der Waals surface area contributed by atoms with E-state index in [1.54, 1.807) is 4.68 Å². The zero-order valence-electron chi connectivity index (χ0n) is 21.1. The number of piperidine rings is 2. The van der Waals surface area contributed by atoms with Gasteiger partial charge in [-0.2, -0.15) is 18.3 Å². The van der Waals surface area contributed by atoms with Crippen molar-refractivity contribution in [3.05, 3.63) is 23.9 Å². The molecule has 2 amide bonds. The Kier molecular flexibility index (Phi) is 8.12. The predicted octanol–water partition coefficient (Wildman–Crippen LogP) is 1.85. The number of halogens is 5. The van der Waals surface area contributed by atoms with Crippen molar-refractivity contribution in [2.24, 2.45) is 7.05 Å². The van der Waals surface area contributed by atoms with Crippen LogP contribution >= 0.6 is 0 Å². The second-order valence-electron chi connectivity index (χ2n) is 9.78. The summed E-state index contributed by atoms with van der Waals surface area (Å²) < 4.78 is 62.1. The number of carboxylic acid groups (broad SMARTS) is 1. The molecule has 214 valence electrons. The zero-order valence-corrected chi connectivity index (χ0v) is 21.1. The number of amides is 2. The summed E-state index contributed by atoms with van der Waals surface area (Å²) in [5.41, 5.74) is 2.62. The zero-order chi connectivity index (χ0) is 28.5. The van der Waals surface area contributed by atoms with Gasteiger partial charge in [0.05, 0.1) is 29.7 Å². The molecule has 3 aliphatic heterocycles. The molecule has 39 heavy (non-hydrogen) atoms. The van der Waals surface area contributed by atoms with Crippen molar-refractivity contribution in [1.82, 2.24) is 25.3 Å². The van der Waals surface area contributed by atoms with Gasteiger partial charge in [0, 0.05) is 50.7 Å². The first-order valence-electron chi connectivity index (χ1n) is 12.5. The molecule has 1 aromatic carbocycles. The van der Waals surface area contributed by atoms with Gasteiger partial charge in [0.2, 0.25) is 11.8 Å². The highest BCUT2D eigenvalue weighted by atomic mass is 19.4. The molecule has 0 aliphatic carbocycles. The summed E-state index contributed by atoms with van der Waals surface area (Å²) in [6.45, 7) is 2.96. The lowest BCUT2D eigenvalue weighted by atomic mass is 9.93. The van der Waals surface area contributed by atoms with E-state index in [1.807, 2.05) is 30.1 Å². The van der Waals surface area contributed by atoms with Gasteiger partial charge in [0.15, 0.2) is 0 Å². The quantitative estimate of drug-likeness (QED) is 0.385. The van der Waals surface area contributed by atoms with Crippen LogP contribution in [-0.2, 0) is 21.4 Å². The van der Waals surface area contributed by atoms with Crippen LogP contribution in [-0.4, -0.2) is 95.0 Å². The Labute approximate surface area is 220 Å². The molecule has 3 N–H and O–H groups in total. The number of aryl methyl sites for hydroxylation is 1. The Balaban J connectivity index is 0.000000448. The van der Waals surface area contributed by atoms with Crippen molar-refractivity contribution in [1.29, 1.82) is 0 Å². The monoisotopic (exact) mass is 560 g/mol. The van der Waals surface area contributed by atoms with Gasteiger partial charge >= 0.3 is 12.1 Å². The standard InChI is InChI=1S/C22H28F2N6O2.C2HF3O2/c1-28-17-12-14(2-3-15(17)20(27-28)16-4-5-19(31)26-21(16)32)29-8-10-30(11-9-29)18-6-7-25-13-22(18,23)24;3-2(4,5)1(6)7/h2-3,12,16,18,25H,4-11,13H2,1H3,(H,26,31,32);(H,6,7)/t16?,18-;/m0./s1. The Morgan fingerprint density at radius 3 is 2.38 bits per heavy atom. The number of nitrogens with zero attached hydrogens (tertiary/aromatic N) is 4. The molecule has 2 atom stereocenters. The largest absolute Gasteiger partial charge is 0.490 e. The molecule has 3 aliphatic rings. The maximum absolute atomic E-state index is 14.3. The van der Waals surface area contributed by atoms with Crippen LogP contribution in [0.3, 0.4) is 0 Å². The molecule has 1 aromatic heterocycles. The van der Waals surface area contributed by atoms with Crippen molar-refractivity contribution in [2.45, 2.75) is 43.3 Å². The molecular weight excluding hydrogens is 531 g/mol. The number of anilines is 1. The third-order valence-corrected chi connectivity index (χ3v) is 7.24. The summed E-state index contributed by atoms with van der Waals surface area (Å²) >= 11 is 0. The molecule has 0 spiro atoms. The average Bonchev–Trinajstić information content (AvgIpc) is 3.19. The summed E-state index contributed by atoms with van der Waals surface area (Å²) in [5.74, 6) is -6.42. The number of carboxylic acids is 1. The van der Waals surface area contributed by atoms with E-state index in [4.69, 9.17) is 9.90 Å². The number of imide groups is 1. The van der Waals surface area contributed by atoms with Crippen molar-refractivity contribution >= 4 is 34.4 Å². The van der Waals surface area contributed by atoms with Gasteiger partial charge in [-0.05, 0) is 37.6 Å². The molecule has 1 unspecified atom stereocenters. The molecule has 5 rings (SSSR count). The number of aromatic nitrogens is 2. The summed E-state index contributed by atoms with van der Waals surface area (Å²) in [4.78, 5) is 36.9. The predicted molar refractivity (Wildman–Crippen MR) is 130 cm³/mol. The first kappa shape index (κ1) is 28.7. The van der Waals surface area contributed by atoms with Crippen molar-refractivity contribution in [3.8, 4) is 0 Å². The number of hydrogen-bond donors (Lipinski definition) is 3. The highest BCUT2D eigenvalue weighted by Gasteiger charge is 2.45. The van der Waals surface area contributed by atoms with Gasteiger partial charge in [-0.25, -0.2) is 13.6 Å². The number of carbonyl (C=O) groups is 3. The fraction of sp³-hybridized carbons (Fsp3) is 0.583. The number of benzene rings is 1. The normalized spacial score (nSPS) is 24.2. The lowest BCUT2D eigenvalue weighted by Crippen LogP contribution is -2.61. The van der Waals surface area contributed by atoms with Gasteiger partial charge < -0.3 is 15.3 Å². The fourth-order valence-electron chi connectivity index (χ4n) is 5.25. The third kappa shape index (κ3) is 6.30. The van der Waals surface area contributed by atoms with Crippen molar-refractivity contribution < 1.29 is 41.4 Å². The van der Waals surface area contributed by atoms with Crippen LogP contribution in [0, 0.1) is 0 Å². The Morgan fingerprint density at radius 1 is 1.13 bits per heavy atom. The van der Waals surface area contributed by atoms with Gasteiger partial charge in [-0.15, -0.1) is 0 Å². The second kappa shape index (κ2) is 11.0. The molecule has 3 fully saturated rings. The van der Waals surface area contributed by atoms with Crippen LogP contribution in [0.4, 0.5) is 27.6 Å². The third-order valence-electron chi connectivity index (χ3n) is 7.24. The number of fused-ring (bicyclic) bond motifs is 1. The number of piperazine rings is 1. The van der Waals surface area contributed by atoms with E-state index >= 15 is 0 Å². The maximum atomic E-state index is 14.3. The van der Waals surface area contributed by atoms with Gasteiger partial charge in [0.25, 0.3) is 5.92 Å². The molecule has 0 bridgehead atoms. The molecule has 4 heterocycles. The summed E-state index contributed by atoms with van der Waals surface area (Å²) in [6.07, 6.45) is -3.84. The smallest absolute Gasteiger partial charge is 0.475 e. The van der Waals surface area contributed by atoms with Crippen LogP contribution in [0.15, 0.2) is 18.2 Å². The Hall–Kier alpha value is -3.33. The van der Waals surface area contributed by atoms with E-state index in [9.17, 15) is 31.5 Å². The Morgan fingerprint density at radius 2 is 1.79 bits per heavy atom. The number of aliphatic carboxylic acids is 1. The van der Waals surface area contributed by atoms with Crippen LogP contribution in [0.25, 0.3) is 10.9 Å². The minimum Gasteiger partial charge on any atom is -0.475 e. The van der Waals surface area contributed by atoms with E-state index in [1.165, 1.54) is 0 Å². The number of carbonyl (C=O) groups excluding carboxylic acids is 2. The van der Waals surface area contributed by atoms with Crippen LogP contribution < -0.4 is 15.5 Å². The molecule has 0 radical (unpaired) electrons. The number of rotatable bonds is 3. The van der Waals surface area contributed by atoms with E-state index in [0.29, 0.717) is 57.7 Å². The molecular formula is C24H29F5N6O4. The van der Waals surface area contributed by atoms with Gasteiger partial charge in [-0.3, -0.25) is 24.5 Å². The second-order valence-corrected chi connectivity index (χ2v) is 9.78. The highest BCUT2D eigenvalue weighted by molar-refractivity contribution is 6.02. The Bertz CT molecular complexity index is 1240. The van der Waals surface area contributed by atoms with Crippen LogP contribution in [0.2, 0.25) is 0 Å². The molecule has 2 aromatic rings. The summed E-state index contributed by atoms with van der Waals surface area (Å²) in [7, 11) is 1.85. The maximum Gasteiger partial charge on any atom is 0.490 e. The minimum atomic E-state index is -5.08. The average molecular weight is 561 g/mol. The van der Waals surface area contributed by atoms with Gasteiger partial charge in [0.1, 0.15) is 0 Å². The van der Waals surface area contributed by atoms with E-state index in [-0.39, 0.29) is 18.4 Å². The highest BCUT2D eigenvalue weighted by Crippen LogP contribution is 2.33. The number of nitrogens with one attached hydrogen (secondary N) is 2. The first-order chi connectivity index (χ1) is 18.3. The molecule has 10 nitrogen and oxygen atoms in total. The topological polar surface area (TPSA) is 120 Å². The fourth-order valence-corrected chi connectivity index (χ4v) is 5.25. The summed E-state index contributed by atoms with van der Waals surface area (Å²) in [5, 5.41) is 17.8. The van der Waals surface area contributed by atoms with Crippen molar-refractivity contribution in [3.63, 3.8) is 0 Å².